The molecule has 0 saturated heterocycles. The molecule has 0 N–H and O–H groups in total. The highest BCUT2D eigenvalue weighted by atomic mass is 35.5. The molecule has 0 aliphatic carbocycles. The molecule has 1 aromatic carbocycles. The molecule has 3 aromatic rings. The average Bonchev–Trinajstić information content (AvgIpc) is 2.89. The molecule has 0 atom stereocenters. The maximum absolute atomic E-state index is 5.84. The monoisotopic (exact) mass is 272 g/mol. The highest BCUT2D eigenvalue weighted by Gasteiger charge is 2.12. The third kappa shape index (κ3) is 2.32. The Morgan fingerprint density at radius 2 is 1.79 bits per heavy atom. The smallest absolute Gasteiger partial charge is 0.251 e. The number of halogens is 1. The van der Waals surface area contributed by atoms with E-state index in [1.807, 2.05) is 19.1 Å². The van der Waals surface area contributed by atoms with Gasteiger partial charge in [0.25, 0.3) is 5.89 Å². The molecule has 0 amide bonds. The van der Waals surface area contributed by atoms with Crippen LogP contribution in [0.5, 0.6) is 0 Å². The molecule has 0 spiro atoms. The highest BCUT2D eigenvalue weighted by Crippen LogP contribution is 2.25. The van der Waals surface area contributed by atoms with Crippen molar-refractivity contribution in [2.75, 3.05) is 0 Å². The van der Waals surface area contributed by atoms with Crippen LogP contribution in [0.4, 0.5) is 0 Å². The first-order valence-electron chi connectivity index (χ1n) is 5.60. The van der Waals surface area contributed by atoms with Crippen LogP contribution in [0, 0.1) is 6.92 Å². The zero-order valence-corrected chi connectivity index (χ0v) is 10.8. The molecule has 6 heteroatoms. The van der Waals surface area contributed by atoms with Crippen LogP contribution in [-0.2, 0) is 0 Å². The quantitative estimate of drug-likeness (QED) is 0.717. The molecule has 5 nitrogen and oxygen atoms in total. The van der Waals surface area contributed by atoms with Crippen LogP contribution in [-0.4, -0.2) is 20.2 Å². The van der Waals surface area contributed by atoms with Crippen LogP contribution in [0.2, 0.25) is 5.02 Å². The van der Waals surface area contributed by atoms with Crippen LogP contribution in [0.1, 0.15) is 5.69 Å². The van der Waals surface area contributed by atoms with E-state index < -0.39 is 0 Å². The van der Waals surface area contributed by atoms with Crippen molar-refractivity contribution in [2.45, 2.75) is 6.92 Å². The van der Waals surface area contributed by atoms with Crippen LogP contribution >= 0.6 is 11.6 Å². The lowest BCUT2D eigenvalue weighted by Gasteiger charge is -1.97. The Morgan fingerprint density at radius 3 is 2.53 bits per heavy atom. The van der Waals surface area contributed by atoms with Crippen molar-refractivity contribution in [3.8, 4) is 22.9 Å². The summed E-state index contributed by atoms with van der Waals surface area (Å²) in [6, 6.07) is 7.21. The van der Waals surface area contributed by atoms with Gasteiger partial charge in [-0.3, -0.25) is 0 Å². The minimum Gasteiger partial charge on any atom is -0.416 e. The molecule has 0 saturated carbocycles. The van der Waals surface area contributed by atoms with E-state index >= 15 is 0 Å². The Kier molecular flexibility index (Phi) is 2.97. The Hall–Kier alpha value is -2.27. The second-order valence-electron chi connectivity index (χ2n) is 3.94. The van der Waals surface area contributed by atoms with Crippen LogP contribution in [0.3, 0.4) is 0 Å². The Bertz CT molecular complexity index is 709. The predicted octanol–water partition coefficient (Wildman–Crippen LogP) is 3.16. The maximum atomic E-state index is 5.84. The van der Waals surface area contributed by atoms with Gasteiger partial charge in [0.05, 0.1) is 11.3 Å². The largest absolute Gasteiger partial charge is 0.416 e. The van der Waals surface area contributed by atoms with Gasteiger partial charge in [-0.15, -0.1) is 10.2 Å². The molecular formula is C13H9ClN4O. The number of hydrogen-bond acceptors (Lipinski definition) is 5. The number of rotatable bonds is 2. The zero-order chi connectivity index (χ0) is 13.2. The van der Waals surface area contributed by atoms with Crippen molar-refractivity contribution in [3.05, 3.63) is 47.5 Å². The molecule has 2 aromatic heterocycles. The summed E-state index contributed by atoms with van der Waals surface area (Å²) in [4.78, 5) is 8.05. The maximum Gasteiger partial charge on any atom is 0.251 e. The number of aryl methyl sites for hydroxylation is 1. The molecule has 3 rings (SSSR count). The van der Waals surface area contributed by atoms with E-state index in [0.717, 1.165) is 16.8 Å². The lowest BCUT2D eigenvalue weighted by molar-refractivity contribution is 0.583. The summed E-state index contributed by atoms with van der Waals surface area (Å²) in [5, 5.41) is 8.70. The Labute approximate surface area is 114 Å². The molecule has 2 heterocycles. The van der Waals surface area contributed by atoms with E-state index in [0.29, 0.717) is 16.8 Å². The molecule has 19 heavy (non-hydrogen) atoms. The number of benzene rings is 1. The summed E-state index contributed by atoms with van der Waals surface area (Å²) in [6.45, 7) is 1.86. The van der Waals surface area contributed by atoms with E-state index in [-0.39, 0.29) is 0 Å². The number of aromatic nitrogens is 4. The number of nitrogens with zero attached hydrogens (tertiary/aromatic N) is 4. The molecule has 0 aliphatic rings. The van der Waals surface area contributed by atoms with Gasteiger partial charge in [-0.25, -0.2) is 9.97 Å². The first-order valence-corrected chi connectivity index (χ1v) is 5.98. The van der Waals surface area contributed by atoms with Gasteiger partial charge in [0, 0.05) is 16.8 Å². The first kappa shape index (κ1) is 11.8. The zero-order valence-electron chi connectivity index (χ0n) is 10.0. The van der Waals surface area contributed by atoms with Crippen molar-refractivity contribution in [1.29, 1.82) is 0 Å². The van der Waals surface area contributed by atoms with E-state index in [1.165, 1.54) is 6.33 Å². The van der Waals surface area contributed by atoms with Gasteiger partial charge < -0.3 is 4.42 Å². The van der Waals surface area contributed by atoms with E-state index in [1.54, 1.807) is 18.3 Å². The highest BCUT2D eigenvalue weighted by molar-refractivity contribution is 6.30. The van der Waals surface area contributed by atoms with E-state index in [9.17, 15) is 0 Å². The van der Waals surface area contributed by atoms with Crippen molar-refractivity contribution < 1.29 is 4.42 Å². The van der Waals surface area contributed by atoms with Crippen molar-refractivity contribution in [2.24, 2.45) is 0 Å². The van der Waals surface area contributed by atoms with Gasteiger partial charge in [0.15, 0.2) is 0 Å². The molecule has 94 valence electrons. The molecule has 0 bridgehead atoms. The fraction of sp³-hybridized carbons (Fsp3) is 0.0769. The Morgan fingerprint density at radius 1 is 1.05 bits per heavy atom. The van der Waals surface area contributed by atoms with Gasteiger partial charge in [0.1, 0.15) is 6.33 Å². The second-order valence-corrected chi connectivity index (χ2v) is 4.38. The van der Waals surface area contributed by atoms with Crippen molar-refractivity contribution >= 4 is 11.6 Å². The lowest BCUT2D eigenvalue weighted by Crippen LogP contribution is -1.88. The van der Waals surface area contributed by atoms with Gasteiger partial charge >= 0.3 is 0 Å². The summed E-state index contributed by atoms with van der Waals surface area (Å²) in [6.07, 6.45) is 3.14. The molecule has 0 aliphatic heterocycles. The van der Waals surface area contributed by atoms with Crippen LogP contribution < -0.4 is 0 Å². The van der Waals surface area contributed by atoms with Gasteiger partial charge in [-0.2, -0.15) is 0 Å². The summed E-state index contributed by atoms with van der Waals surface area (Å²) in [5.74, 6) is 0.845. The molecule has 0 fully saturated rings. The SMILES string of the molecule is Cc1ncncc1-c1nnc(-c2ccc(Cl)cc2)o1. The normalized spacial score (nSPS) is 10.6. The van der Waals surface area contributed by atoms with Gasteiger partial charge in [-0.05, 0) is 31.2 Å². The lowest BCUT2D eigenvalue weighted by atomic mass is 10.2. The van der Waals surface area contributed by atoms with Gasteiger partial charge in [0.2, 0.25) is 5.89 Å². The van der Waals surface area contributed by atoms with Crippen LogP contribution in [0.15, 0.2) is 41.2 Å². The standard InChI is InChI=1S/C13H9ClN4O/c1-8-11(6-15-7-16-8)13-18-17-12(19-13)9-2-4-10(14)5-3-9/h2-7H,1H3. The fourth-order valence-corrected chi connectivity index (χ4v) is 1.77. The topological polar surface area (TPSA) is 64.7 Å². The summed E-state index contributed by atoms with van der Waals surface area (Å²) in [7, 11) is 0. The van der Waals surface area contributed by atoms with Crippen LogP contribution in [0.25, 0.3) is 22.9 Å². The summed E-state index contributed by atoms with van der Waals surface area (Å²) >= 11 is 5.84. The van der Waals surface area contributed by atoms with Crippen molar-refractivity contribution in [1.82, 2.24) is 20.2 Å². The fourth-order valence-electron chi connectivity index (χ4n) is 1.64. The van der Waals surface area contributed by atoms with E-state index in [4.69, 9.17) is 16.0 Å². The minimum absolute atomic E-state index is 0.406. The Balaban J connectivity index is 2.00. The van der Waals surface area contributed by atoms with E-state index in [2.05, 4.69) is 20.2 Å². The van der Waals surface area contributed by atoms with Gasteiger partial charge in [-0.1, -0.05) is 11.6 Å². The molecule has 0 radical (unpaired) electrons. The third-order valence-electron chi connectivity index (χ3n) is 2.66. The summed E-state index contributed by atoms with van der Waals surface area (Å²) in [5.41, 5.74) is 2.34. The minimum atomic E-state index is 0.406. The molecular weight excluding hydrogens is 264 g/mol. The van der Waals surface area contributed by atoms with Crippen molar-refractivity contribution in [3.63, 3.8) is 0 Å². The number of hydrogen-bond donors (Lipinski definition) is 0. The summed E-state index contributed by atoms with van der Waals surface area (Å²) < 4.78 is 5.63. The average molecular weight is 273 g/mol. The second kappa shape index (κ2) is 4.78. The molecule has 0 unspecified atom stereocenters. The third-order valence-corrected chi connectivity index (χ3v) is 2.91. The first-order chi connectivity index (χ1) is 9.24. The predicted molar refractivity (Wildman–Crippen MR) is 70.5 cm³/mol.